The highest BCUT2D eigenvalue weighted by atomic mass is 19.1. The zero-order valence-corrected chi connectivity index (χ0v) is 20.9. The molecular weight excluding hydrogens is 477 g/mol. The van der Waals surface area contributed by atoms with Gasteiger partial charge in [0.25, 0.3) is 5.91 Å². The predicted molar refractivity (Wildman–Crippen MR) is 138 cm³/mol. The van der Waals surface area contributed by atoms with E-state index < -0.39 is 5.82 Å². The van der Waals surface area contributed by atoms with Gasteiger partial charge in [-0.2, -0.15) is 0 Å². The first kappa shape index (κ1) is 25.0. The summed E-state index contributed by atoms with van der Waals surface area (Å²) < 4.78 is 31.8. The number of benzene rings is 1. The molecule has 2 bridgehead atoms. The average Bonchev–Trinajstić information content (AvgIpc) is 3.28. The molecule has 9 nitrogen and oxygen atoms in total. The lowest BCUT2D eigenvalue weighted by molar-refractivity contribution is 0.0937. The molecule has 2 aliphatic rings. The van der Waals surface area contributed by atoms with Crippen LogP contribution in [0.3, 0.4) is 0 Å². The second-order valence-electron chi connectivity index (χ2n) is 9.09. The molecule has 3 aromatic rings. The van der Waals surface area contributed by atoms with Crippen molar-refractivity contribution in [1.82, 2.24) is 20.6 Å². The summed E-state index contributed by atoms with van der Waals surface area (Å²) in [6.07, 6.45) is 5.87. The van der Waals surface area contributed by atoms with Crippen molar-refractivity contribution in [3.05, 3.63) is 53.7 Å². The molecule has 1 aromatic carbocycles. The summed E-state index contributed by atoms with van der Waals surface area (Å²) in [5, 5.41) is 9.70. The van der Waals surface area contributed by atoms with Gasteiger partial charge in [-0.1, -0.05) is 6.07 Å². The van der Waals surface area contributed by atoms with Crippen LogP contribution in [0.15, 0.2) is 36.7 Å². The number of methoxy groups -OCH3 is 1. The van der Waals surface area contributed by atoms with Crippen LogP contribution in [-0.4, -0.2) is 62.4 Å². The van der Waals surface area contributed by atoms with Crippen molar-refractivity contribution < 1.29 is 23.4 Å². The number of para-hydroxylation sites is 1. The van der Waals surface area contributed by atoms with Crippen LogP contribution in [0, 0.1) is 5.82 Å². The number of hydrogen-bond donors (Lipinski definition) is 4. The third-order valence-electron chi connectivity index (χ3n) is 6.68. The van der Waals surface area contributed by atoms with E-state index in [-0.39, 0.29) is 17.6 Å². The molecule has 1 atom stereocenters. The molecule has 37 heavy (non-hydrogen) atoms. The maximum atomic E-state index is 14.5. The first-order valence-electron chi connectivity index (χ1n) is 12.7. The molecule has 0 saturated carbocycles. The molecule has 1 amide bonds. The number of rotatable bonds is 3. The van der Waals surface area contributed by atoms with Gasteiger partial charge >= 0.3 is 0 Å². The highest BCUT2D eigenvalue weighted by molar-refractivity contribution is 6.07. The molecule has 2 aromatic heterocycles. The van der Waals surface area contributed by atoms with Crippen LogP contribution >= 0.6 is 0 Å². The fourth-order valence-corrected chi connectivity index (χ4v) is 4.87. The summed E-state index contributed by atoms with van der Waals surface area (Å²) in [6, 6.07) is 6.51. The minimum atomic E-state index is -0.497. The Bertz CT molecular complexity index is 1250. The van der Waals surface area contributed by atoms with Gasteiger partial charge < -0.3 is 35.1 Å². The summed E-state index contributed by atoms with van der Waals surface area (Å²) in [7, 11) is 1.42. The molecule has 0 aliphatic carbocycles. The van der Waals surface area contributed by atoms with Crippen molar-refractivity contribution in [2.45, 2.75) is 25.2 Å². The van der Waals surface area contributed by atoms with Gasteiger partial charge in [0.15, 0.2) is 11.6 Å². The van der Waals surface area contributed by atoms with Gasteiger partial charge in [-0.25, -0.2) is 4.39 Å². The second kappa shape index (κ2) is 11.6. The fraction of sp³-hybridized carbons (Fsp3) is 0.407. The van der Waals surface area contributed by atoms with Crippen LogP contribution in [0.25, 0.3) is 11.3 Å². The first-order chi connectivity index (χ1) is 18.2. The van der Waals surface area contributed by atoms with Gasteiger partial charge in [-0.15, -0.1) is 0 Å². The van der Waals surface area contributed by atoms with E-state index in [1.165, 1.54) is 13.2 Å². The van der Waals surface area contributed by atoms with E-state index in [9.17, 15) is 9.18 Å². The number of nitrogens with zero attached hydrogens (tertiary/aromatic N) is 1. The quantitative estimate of drug-likeness (QED) is 0.423. The fourth-order valence-electron chi connectivity index (χ4n) is 4.87. The Morgan fingerprint density at radius 1 is 1.16 bits per heavy atom. The molecule has 2 aliphatic heterocycles. The van der Waals surface area contributed by atoms with Crippen LogP contribution in [0.5, 0.6) is 11.5 Å². The summed E-state index contributed by atoms with van der Waals surface area (Å²) in [4.78, 5) is 21.0. The third kappa shape index (κ3) is 5.40. The van der Waals surface area contributed by atoms with Crippen molar-refractivity contribution >= 4 is 17.3 Å². The van der Waals surface area contributed by atoms with Crippen molar-refractivity contribution in [3.8, 4) is 22.8 Å². The Morgan fingerprint density at radius 2 is 2.08 bits per heavy atom. The molecule has 4 N–H and O–H groups in total. The van der Waals surface area contributed by atoms with Crippen LogP contribution in [0.1, 0.15) is 41.2 Å². The topological polar surface area (TPSA) is 110 Å². The largest absolute Gasteiger partial charge is 0.492 e. The summed E-state index contributed by atoms with van der Waals surface area (Å²) in [6.45, 7) is 3.92. The number of halogens is 1. The lowest BCUT2D eigenvalue weighted by Crippen LogP contribution is -2.35. The number of nitrogens with one attached hydrogen (secondary N) is 4. The molecule has 5 rings (SSSR count). The van der Waals surface area contributed by atoms with Gasteiger partial charge in [-0.3, -0.25) is 9.78 Å². The Morgan fingerprint density at radius 3 is 2.97 bits per heavy atom. The molecule has 0 radical (unpaired) electrons. The smallest absolute Gasteiger partial charge is 0.255 e. The molecule has 196 valence electrons. The van der Waals surface area contributed by atoms with Crippen molar-refractivity contribution in [2.24, 2.45) is 0 Å². The number of aromatic nitrogens is 2. The van der Waals surface area contributed by atoms with Crippen molar-refractivity contribution in [3.63, 3.8) is 0 Å². The zero-order valence-electron chi connectivity index (χ0n) is 20.9. The minimum absolute atomic E-state index is 0.0695. The standard InChI is InChI=1S/C27H32FN5O4/c1-35-26-19(28)6-2-7-20(26)32-25-22-23-17(15-31-27(22)34)5-3-12-36-14-11-29-9-4-13-37-21-16-30-10-8-18(21)24(25)33-23/h2,6-8,10,16-17,29,32-33H,3-5,9,11-15H2,1H3,(H,31,34). The van der Waals surface area contributed by atoms with Gasteiger partial charge in [0.05, 0.1) is 49.2 Å². The highest BCUT2D eigenvalue weighted by Crippen LogP contribution is 2.44. The van der Waals surface area contributed by atoms with Gasteiger partial charge in [0, 0.05) is 43.1 Å². The van der Waals surface area contributed by atoms with Crippen LogP contribution in [0.4, 0.5) is 15.8 Å². The van der Waals surface area contributed by atoms with E-state index in [0.29, 0.717) is 54.7 Å². The first-order valence-corrected chi connectivity index (χ1v) is 12.7. The van der Waals surface area contributed by atoms with Gasteiger partial charge in [0.2, 0.25) is 0 Å². The third-order valence-corrected chi connectivity index (χ3v) is 6.68. The number of anilines is 2. The average molecular weight is 510 g/mol. The lowest BCUT2D eigenvalue weighted by atomic mass is 9.92. The number of carbonyl (C=O) groups excluding carboxylic acids is 1. The van der Waals surface area contributed by atoms with Crippen LogP contribution < -0.4 is 25.4 Å². The summed E-state index contributed by atoms with van der Waals surface area (Å²) in [5.41, 5.74) is 3.73. The number of pyridine rings is 1. The Labute approximate surface area is 215 Å². The Kier molecular flexibility index (Phi) is 7.86. The van der Waals surface area contributed by atoms with E-state index in [2.05, 4.69) is 25.9 Å². The number of ether oxygens (including phenoxy) is 3. The zero-order chi connectivity index (χ0) is 25.6. The highest BCUT2D eigenvalue weighted by Gasteiger charge is 2.33. The van der Waals surface area contributed by atoms with E-state index in [1.54, 1.807) is 24.5 Å². The van der Waals surface area contributed by atoms with E-state index in [1.807, 2.05) is 6.07 Å². The monoisotopic (exact) mass is 509 g/mol. The van der Waals surface area contributed by atoms with Gasteiger partial charge in [0.1, 0.15) is 5.75 Å². The van der Waals surface area contributed by atoms with Crippen LogP contribution in [0.2, 0.25) is 0 Å². The number of aromatic amines is 1. The maximum Gasteiger partial charge on any atom is 0.255 e. The molecule has 1 unspecified atom stereocenters. The molecule has 4 heterocycles. The predicted octanol–water partition coefficient (Wildman–Crippen LogP) is 3.96. The molecule has 10 heteroatoms. The lowest BCUT2D eigenvalue weighted by Gasteiger charge is -2.24. The minimum Gasteiger partial charge on any atom is -0.492 e. The van der Waals surface area contributed by atoms with Crippen LogP contribution in [-0.2, 0) is 4.74 Å². The molecular formula is C27H32FN5O4. The van der Waals surface area contributed by atoms with Crippen molar-refractivity contribution in [1.29, 1.82) is 0 Å². The number of amides is 1. The van der Waals surface area contributed by atoms with Gasteiger partial charge in [-0.05, 0) is 44.0 Å². The van der Waals surface area contributed by atoms with E-state index in [4.69, 9.17) is 14.2 Å². The summed E-state index contributed by atoms with van der Waals surface area (Å²) in [5.74, 6) is 0.0464. The number of hydrogen-bond acceptors (Lipinski definition) is 7. The van der Waals surface area contributed by atoms with E-state index in [0.717, 1.165) is 43.6 Å². The number of carbonyl (C=O) groups is 1. The number of H-pyrrole nitrogens is 1. The normalized spacial score (nSPS) is 18.6. The Balaban J connectivity index is 1.62. The van der Waals surface area contributed by atoms with Crippen molar-refractivity contribution in [2.75, 3.05) is 51.9 Å². The SMILES string of the molecule is COc1c(F)cccc1Nc1c2[nH]c3c1C(=O)NCC3CCCOCCNCCCOc1cnccc1-2. The Hall–Kier alpha value is -3.63. The molecule has 0 saturated heterocycles. The second-order valence-corrected chi connectivity index (χ2v) is 9.09. The van der Waals surface area contributed by atoms with E-state index >= 15 is 0 Å². The summed E-state index contributed by atoms with van der Waals surface area (Å²) >= 11 is 0. The molecule has 0 fully saturated rings. The maximum absolute atomic E-state index is 14.5. The molecule has 0 spiro atoms. The number of fused-ring (bicyclic) bond motifs is 3.